The van der Waals surface area contributed by atoms with Crippen LogP contribution in [0.1, 0.15) is 22.3 Å². The molecule has 0 unspecified atom stereocenters. The SMILES string of the molecule is COc1ccc(C)cc1S(=O)(=O)Nc1c(C)cc(C)cc1C. The van der Waals surface area contributed by atoms with Crippen molar-refractivity contribution in [2.24, 2.45) is 0 Å². The lowest BCUT2D eigenvalue weighted by molar-refractivity contribution is 0.402. The van der Waals surface area contributed by atoms with Crippen molar-refractivity contribution in [3.63, 3.8) is 0 Å². The standard InChI is InChI=1S/C17H21NO3S/c1-11-6-7-15(21-5)16(10-11)22(19,20)18-17-13(3)8-12(2)9-14(17)4/h6-10,18H,1-5H3. The summed E-state index contributed by atoms with van der Waals surface area (Å²) in [5.41, 5.74) is 4.37. The minimum Gasteiger partial charge on any atom is -0.495 e. The first-order chi connectivity index (χ1) is 10.2. The van der Waals surface area contributed by atoms with Crippen LogP contribution in [0.15, 0.2) is 35.2 Å². The third-order valence-corrected chi connectivity index (χ3v) is 4.89. The molecule has 0 fully saturated rings. The lowest BCUT2D eigenvalue weighted by Crippen LogP contribution is -2.16. The molecule has 1 N–H and O–H groups in total. The predicted molar refractivity (Wildman–Crippen MR) is 89.2 cm³/mol. The zero-order valence-corrected chi connectivity index (χ0v) is 14.3. The van der Waals surface area contributed by atoms with Crippen LogP contribution in [0.4, 0.5) is 5.69 Å². The fourth-order valence-electron chi connectivity index (χ4n) is 2.52. The summed E-state index contributed by atoms with van der Waals surface area (Å²) in [6.07, 6.45) is 0. The number of aryl methyl sites for hydroxylation is 4. The molecule has 0 bridgehead atoms. The molecule has 22 heavy (non-hydrogen) atoms. The van der Waals surface area contributed by atoms with Crippen molar-refractivity contribution in [3.8, 4) is 5.75 Å². The van der Waals surface area contributed by atoms with E-state index in [1.54, 1.807) is 12.1 Å². The van der Waals surface area contributed by atoms with Crippen LogP contribution in [0.25, 0.3) is 0 Å². The maximum Gasteiger partial charge on any atom is 0.265 e. The molecule has 0 heterocycles. The maximum absolute atomic E-state index is 12.7. The van der Waals surface area contributed by atoms with E-state index in [0.29, 0.717) is 11.4 Å². The fourth-order valence-corrected chi connectivity index (χ4v) is 3.98. The summed E-state index contributed by atoms with van der Waals surface area (Å²) in [4.78, 5) is 0.148. The zero-order valence-electron chi connectivity index (χ0n) is 13.5. The number of sulfonamides is 1. The number of methoxy groups -OCH3 is 1. The van der Waals surface area contributed by atoms with E-state index in [0.717, 1.165) is 22.3 Å². The Morgan fingerprint density at radius 1 is 0.909 bits per heavy atom. The minimum absolute atomic E-state index is 0.148. The summed E-state index contributed by atoms with van der Waals surface area (Å²) >= 11 is 0. The quantitative estimate of drug-likeness (QED) is 0.934. The molecule has 0 aliphatic heterocycles. The number of hydrogen-bond acceptors (Lipinski definition) is 3. The highest BCUT2D eigenvalue weighted by molar-refractivity contribution is 7.92. The Morgan fingerprint density at radius 3 is 2.05 bits per heavy atom. The highest BCUT2D eigenvalue weighted by Crippen LogP contribution is 2.29. The van der Waals surface area contributed by atoms with E-state index in [2.05, 4.69) is 4.72 Å². The van der Waals surface area contributed by atoms with Gasteiger partial charge in [0.1, 0.15) is 10.6 Å². The Labute approximate surface area is 132 Å². The van der Waals surface area contributed by atoms with Crippen LogP contribution in [0.5, 0.6) is 5.75 Å². The lowest BCUT2D eigenvalue weighted by atomic mass is 10.1. The molecule has 0 aliphatic rings. The molecule has 2 aromatic rings. The molecule has 0 amide bonds. The number of nitrogens with one attached hydrogen (secondary N) is 1. The van der Waals surface area contributed by atoms with Gasteiger partial charge < -0.3 is 4.74 Å². The average Bonchev–Trinajstić information content (AvgIpc) is 2.43. The summed E-state index contributed by atoms with van der Waals surface area (Å²) in [6, 6.07) is 9.01. The Morgan fingerprint density at radius 2 is 1.50 bits per heavy atom. The lowest BCUT2D eigenvalue weighted by Gasteiger charge is -2.16. The summed E-state index contributed by atoms with van der Waals surface area (Å²) in [5.74, 6) is 0.334. The smallest absolute Gasteiger partial charge is 0.265 e. The van der Waals surface area contributed by atoms with E-state index in [4.69, 9.17) is 4.74 Å². The van der Waals surface area contributed by atoms with Crippen molar-refractivity contribution >= 4 is 15.7 Å². The van der Waals surface area contributed by atoms with Gasteiger partial charge in [0, 0.05) is 0 Å². The highest BCUT2D eigenvalue weighted by atomic mass is 32.2. The zero-order chi connectivity index (χ0) is 16.5. The number of hydrogen-bond donors (Lipinski definition) is 1. The highest BCUT2D eigenvalue weighted by Gasteiger charge is 2.21. The van der Waals surface area contributed by atoms with Crippen molar-refractivity contribution < 1.29 is 13.2 Å². The van der Waals surface area contributed by atoms with Gasteiger partial charge in [-0.2, -0.15) is 0 Å². The van der Waals surface area contributed by atoms with Gasteiger partial charge in [0.25, 0.3) is 10.0 Å². The van der Waals surface area contributed by atoms with Crippen molar-refractivity contribution in [2.75, 3.05) is 11.8 Å². The molecule has 0 aliphatic carbocycles. The molecular formula is C17H21NO3S. The second kappa shape index (κ2) is 6.01. The molecule has 0 radical (unpaired) electrons. The number of ether oxygens (including phenoxy) is 1. The molecule has 0 atom stereocenters. The molecule has 0 saturated heterocycles. The summed E-state index contributed by atoms with van der Waals surface area (Å²) < 4.78 is 33.3. The van der Waals surface area contributed by atoms with Gasteiger partial charge in [-0.05, 0) is 56.5 Å². The number of anilines is 1. The molecular weight excluding hydrogens is 298 g/mol. The van der Waals surface area contributed by atoms with Crippen LogP contribution >= 0.6 is 0 Å². The summed E-state index contributed by atoms with van der Waals surface area (Å²) in [7, 11) is -2.25. The first-order valence-corrected chi connectivity index (χ1v) is 8.48. The van der Waals surface area contributed by atoms with Crippen LogP contribution in [-0.4, -0.2) is 15.5 Å². The van der Waals surface area contributed by atoms with Crippen LogP contribution < -0.4 is 9.46 Å². The predicted octanol–water partition coefficient (Wildman–Crippen LogP) is 3.73. The third kappa shape index (κ3) is 3.25. The van der Waals surface area contributed by atoms with Gasteiger partial charge >= 0.3 is 0 Å². The van der Waals surface area contributed by atoms with Gasteiger partial charge in [0.05, 0.1) is 12.8 Å². The first-order valence-electron chi connectivity index (χ1n) is 7.00. The monoisotopic (exact) mass is 319 g/mol. The van der Waals surface area contributed by atoms with E-state index >= 15 is 0 Å². The van der Waals surface area contributed by atoms with E-state index in [1.807, 2.05) is 45.9 Å². The van der Waals surface area contributed by atoms with E-state index in [9.17, 15) is 8.42 Å². The van der Waals surface area contributed by atoms with Crippen LogP contribution in [-0.2, 0) is 10.0 Å². The topological polar surface area (TPSA) is 55.4 Å². The summed E-state index contributed by atoms with van der Waals surface area (Å²) in [6.45, 7) is 7.62. The van der Waals surface area contributed by atoms with Gasteiger partial charge in [-0.3, -0.25) is 4.72 Å². The molecule has 2 aromatic carbocycles. The molecule has 118 valence electrons. The number of rotatable bonds is 4. The van der Waals surface area contributed by atoms with Crippen LogP contribution in [0, 0.1) is 27.7 Å². The average molecular weight is 319 g/mol. The van der Waals surface area contributed by atoms with Crippen LogP contribution in [0.2, 0.25) is 0 Å². The van der Waals surface area contributed by atoms with Crippen molar-refractivity contribution in [3.05, 3.63) is 52.6 Å². The molecule has 4 nitrogen and oxygen atoms in total. The fraction of sp³-hybridized carbons (Fsp3) is 0.294. The molecule has 2 rings (SSSR count). The third-order valence-electron chi connectivity index (χ3n) is 3.52. The summed E-state index contributed by atoms with van der Waals surface area (Å²) in [5, 5.41) is 0. The van der Waals surface area contributed by atoms with Gasteiger partial charge in [0.15, 0.2) is 0 Å². The molecule has 0 saturated carbocycles. The van der Waals surface area contributed by atoms with E-state index in [-0.39, 0.29) is 4.90 Å². The van der Waals surface area contributed by atoms with Crippen molar-refractivity contribution in [2.45, 2.75) is 32.6 Å². The molecule has 5 heteroatoms. The second-order valence-electron chi connectivity index (χ2n) is 5.53. The Hall–Kier alpha value is -2.01. The normalized spacial score (nSPS) is 11.3. The van der Waals surface area contributed by atoms with Crippen molar-refractivity contribution in [1.29, 1.82) is 0 Å². The minimum atomic E-state index is -3.71. The molecule has 0 aromatic heterocycles. The largest absolute Gasteiger partial charge is 0.495 e. The Kier molecular flexibility index (Phi) is 4.47. The number of benzene rings is 2. The van der Waals surface area contributed by atoms with Gasteiger partial charge in [-0.1, -0.05) is 23.8 Å². The molecule has 0 spiro atoms. The van der Waals surface area contributed by atoms with Crippen molar-refractivity contribution in [1.82, 2.24) is 0 Å². The van der Waals surface area contributed by atoms with Gasteiger partial charge in [-0.25, -0.2) is 8.42 Å². The van der Waals surface area contributed by atoms with E-state index in [1.165, 1.54) is 7.11 Å². The first kappa shape index (κ1) is 16.4. The maximum atomic E-state index is 12.7. The van der Waals surface area contributed by atoms with Gasteiger partial charge in [-0.15, -0.1) is 0 Å². The second-order valence-corrected chi connectivity index (χ2v) is 7.18. The van der Waals surface area contributed by atoms with Gasteiger partial charge in [0.2, 0.25) is 0 Å². The van der Waals surface area contributed by atoms with E-state index < -0.39 is 10.0 Å². The van der Waals surface area contributed by atoms with Crippen LogP contribution in [0.3, 0.4) is 0 Å². The Balaban J connectivity index is 2.52. The Bertz CT molecular complexity index is 788.